The first-order chi connectivity index (χ1) is 12.0. The Morgan fingerprint density at radius 2 is 1.80 bits per heavy atom. The normalized spacial score (nSPS) is 13.6. The average molecular weight is 424 g/mol. The van der Waals surface area contributed by atoms with Gasteiger partial charge in [0.1, 0.15) is 0 Å². The Hall–Kier alpha value is -1.43. The van der Waals surface area contributed by atoms with E-state index < -0.39 is 10.0 Å². The molecule has 1 N–H and O–H groups in total. The third-order valence-electron chi connectivity index (χ3n) is 3.63. The van der Waals surface area contributed by atoms with Gasteiger partial charge in [0.25, 0.3) is 0 Å². The first-order valence-electron chi connectivity index (χ1n) is 7.82. The fourth-order valence-electron chi connectivity index (χ4n) is 2.32. The zero-order valence-corrected chi connectivity index (χ0v) is 17.1. The van der Waals surface area contributed by atoms with Gasteiger partial charge in [-0.15, -0.1) is 0 Å². The Bertz CT molecular complexity index is 802. The maximum atomic E-state index is 12.7. The van der Waals surface area contributed by atoms with Crippen LogP contribution in [-0.4, -0.2) is 42.0 Å². The van der Waals surface area contributed by atoms with Crippen molar-refractivity contribution in [2.45, 2.75) is 22.6 Å². The van der Waals surface area contributed by atoms with Gasteiger partial charge >= 0.3 is 157 Å². The quantitative estimate of drug-likeness (QED) is 0.663. The van der Waals surface area contributed by atoms with Gasteiger partial charge in [-0.25, -0.2) is 0 Å². The van der Waals surface area contributed by atoms with Crippen LogP contribution in [-0.2, 0) is 14.8 Å². The number of rotatable bonds is 8. The van der Waals surface area contributed by atoms with E-state index in [9.17, 15) is 8.42 Å². The van der Waals surface area contributed by atoms with Gasteiger partial charge in [-0.2, -0.15) is 0 Å². The van der Waals surface area contributed by atoms with Crippen LogP contribution in [0, 0.1) is 6.92 Å². The molecule has 0 saturated carbocycles. The Kier molecular flexibility index (Phi) is 7.41. The number of aryl methyl sites for hydroxylation is 1. The number of hydrogen-bond donors (Lipinski definition) is 1. The van der Waals surface area contributed by atoms with Gasteiger partial charge in [0.2, 0.25) is 0 Å². The van der Waals surface area contributed by atoms with Gasteiger partial charge in [0.15, 0.2) is 0 Å². The summed E-state index contributed by atoms with van der Waals surface area (Å²) in [5.74, 6) is 2.02. The fourth-order valence-corrected chi connectivity index (χ4v) is 5.81. The van der Waals surface area contributed by atoms with Crippen LogP contribution < -0.4 is 4.72 Å². The summed E-state index contributed by atoms with van der Waals surface area (Å²) in [6.07, 6.45) is 2.00. The number of hydrogen-bond acceptors (Lipinski definition) is 3. The summed E-state index contributed by atoms with van der Waals surface area (Å²) in [5, 5.41) is 0. The molecule has 0 bridgehead atoms. The number of sulfonamides is 1. The summed E-state index contributed by atoms with van der Waals surface area (Å²) >= 11 is 0.0386. The Morgan fingerprint density at radius 1 is 1.16 bits per heavy atom. The SMILES string of the molecule is COC/C(=C\c1ccccc1)C(NS(=O)(=O)c1ccc(C)cc1)[Se]C. The molecule has 0 amide bonds. The van der Waals surface area contributed by atoms with E-state index in [1.165, 1.54) is 0 Å². The van der Waals surface area contributed by atoms with Crippen molar-refractivity contribution in [1.82, 2.24) is 4.72 Å². The Morgan fingerprint density at radius 3 is 2.36 bits per heavy atom. The second kappa shape index (κ2) is 9.32. The molecule has 0 saturated heterocycles. The first kappa shape index (κ1) is 19.9. The van der Waals surface area contributed by atoms with Crippen molar-refractivity contribution in [1.29, 1.82) is 0 Å². The molecule has 0 aliphatic rings. The van der Waals surface area contributed by atoms with E-state index in [0.717, 1.165) is 16.7 Å². The van der Waals surface area contributed by atoms with Crippen molar-refractivity contribution < 1.29 is 13.2 Å². The molecule has 134 valence electrons. The molecule has 2 aromatic carbocycles. The van der Waals surface area contributed by atoms with Crippen LogP contribution in [0.2, 0.25) is 5.82 Å². The van der Waals surface area contributed by atoms with Crippen molar-refractivity contribution in [3.63, 3.8) is 0 Å². The van der Waals surface area contributed by atoms with Crippen LogP contribution in [0.4, 0.5) is 0 Å². The topological polar surface area (TPSA) is 55.4 Å². The minimum absolute atomic E-state index is 0.0386. The number of benzene rings is 2. The van der Waals surface area contributed by atoms with E-state index in [-0.39, 0.29) is 24.8 Å². The molecule has 0 fully saturated rings. The van der Waals surface area contributed by atoms with Crippen molar-refractivity contribution in [2.75, 3.05) is 13.7 Å². The van der Waals surface area contributed by atoms with Gasteiger partial charge in [0.05, 0.1) is 0 Å². The Balaban J connectivity index is 2.29. The molecule has 0 heterocycles. The van der Waals surface area contributed by atoms with Crippen molar-refractivity contribution in [3.8, 4) is 0 Å². The van der Waals surface area contributed by atoms with Crippen molar-refractivity contribution >= 4 is 31.1 Å². The van der Waals surface area contributed by atoms with Crippen molar-refractivity contribution in [2.24, 2.45) is 0 Å². The molecule has 6 heteroatoms. The average Bonchev–Trinajstić information content (AvgIpc) is 2.61. The molecule has 1 atom stereocenters. The summed E-state index contributed by atoms with van der Waals surface area (Å²) in [7, 11) is -1.96. The predicted molar refractivity (Wildman–Crippen MR) is 103 cm³/mol. The second-order valence-electron chi connectivity index (χ2n) is 5.61. The van der Waals surface area contributed by atoms with Gasteiger partial charge < -0.3 is 0 Å². The van der Waals surface area contributed by atoms with E-state index >= 15 is 0 Å². The van der Waals surface area contributed by atoms with E-state index in [1.54, 1.807) is 31.4 Å². The molecular weight excluding hydrogens is 401 g/mol. The standard InChI is InChI=1S/C19H23NO3SSe/c1-15-9-11-18(12-10-15)24(21,22)20-19(25-3)17(14-23-2)13-16-7-5-4-6-8-16/h4-13,19-20H,14H2,1-3H3/b17-13+. The summed E-state index contributed by atoms with van der Waals surface area (Å²) < 4.78 is 33.5. The summed E-state index contributed by atoms with van der Waals surface area (Å²) in [4.78, 5) is 0.0165. The van der Waals surface area contributed by atoms with Crippen molar-refractivity contribution in [3.05, 3.63) is 71.3 Å². The van der Waals surface area contributed by atoms with Crippen LogP contribution in [0.1, 0.15) is 11.1 Å². The number of ether oxygens (including phenoxy) is 1. The van der Waals surface area contributed by atoms with Gasteiger partial charge in [-0.05, 0) is 0 Å². The zero-order valence-electron chi connectivity index (χ0n) is 14.6. The molecule has 0 radical (unpaired) electrons. The molecule has 4 nitrogen and oxygen atoms in total. The van der Waals surface area contributed by atoms with Crippen LogP contribution in [0.15, 0.2) is 65.1 Å². The molecule has 1 unspecified atom stereocenters. The monoisotopic (exact) mass is 425 g/mol. The molecule has 0 spiro atoms. The van der Waals surface area contributed by atoms with Gasteiger partial charge in [-0.1, -0.05) is 0 Å². The van der Waals surface area contributed by atoms with E-state index in [1.807, 2.05) is 49.2 Å². The fraction of sp³-hybridized carbons (Fsp3) is 0.263. The molecule has 2 rings (SSSR count). The molecule has 2 aromatic rings. The second-order valence-corrected chi connectivity index (χ2v) is 9.31. The van der Waals surface area contributed by atoms with E-state index in [2.05, 4.69) is 4.72 Å². The number of nitrogens with one attached hydrogen (secondary N) is 1. The first-order valence-corrected chi connectivity index (χ1v) is 12.0. The van der Waals surface area contributed by atoms with E-state index in [4.69, 9.17) is 4.74 Å². The van der Waals surface area contributed by atoms with Crippen LogP contribution in [0.25, 0.3) is 6.08 Å². The van der Waals surface area contributed by atoms with Gasteiger partial charge in [-0.3, -0.25) is 0 Å². The van der Waals surface area contributed by atoms with E-state index in [0.29, 0.717) is 6.61 Å². The number of methoxy groups -OCH3 is 1. The molecule has 0 aliphatic heterocycles. The Labute approximate surface area is 156 Å². The minimum atomic E-state index is -3.57. The molecular formula is C19H23NO3SSe. The summed E-state index contributed by atoms with van der Waals surface area (Å²) in [6.45, 7) is 2.31. The summed E-state index contributed by atoms with van der Waals surface area (Å²) in [6, 6.07) is 16.7. The van der Waals surface area contributed by atoms with Crippen LogP contribution >= 0.6 is 0 Å². The van der Waals surface area contributed by atoms with Crippen LogP contribution in [0.5, 0.6) is 0 Å². The van der Waals surface area contributed by atoms with Crippen LogP contribution in [0.3, 0.4) is 0 Å². The molecule has 25 heavy (non-hydrogen) atoms. The third-order valence-corrected chi connectivity index (χ3v) is 7.28. The van der Waals surface area contributed by atoms with Gasteiger partial charge in [0, 0.05) is 0 Å². The molecule has 0 aromatic heterocycles. The third kappa shape index (κ3) is 5.80. The molecule has 0 aliphatic carbocycles. The summed E-state index contributed by atoms with van der Waals surface area (Å²) in [5.41, 5.74) is 2.98. The maximum absolute atomic E-state index is 12.7. The zero-order chi connectivity index (χ0) is 18.3. The predicted octanol–water partition coefficient (Wildman–Crippen LogP) is 3.08.